The van der Waals surface area contributed by atoms with E-state index in [1.54, 1.807) is 16.8 Å². The van der Waals surface area contributed by atoms with Crippen LogP contribution in [0.5, 0.6) is 0 Å². The van der Waals surface area contributed by atoms with Gasteiger partial charge in [-0.2, -0.15) is 0 Å². The van der Waals surface area contributed by atoms with Gasteiger partial charge < -0.3 is 5.32 Å². The van der Waals surface area contributed by atoms with E-state index in [2.05, 4.69) is 10.3 Å². The van der Waals surface area contributed by atoms with Gasteiger partial charge in [0.1, 0.15) is 0 Å². The van der Waals surface area contributed by atoms with Crippen LogP contribution in [0.4, 0.5) is 0 Å². The van der Waals surface area contributed by atoms with Crippen molar-refractivity contribution in [1.29, 1.82) is 0 Å². The van der Waals surface area contributed by atoms with E-state index in [0.717, 1.165) is 25.0 Å². The fraction of sp³-hybridized carbons (Fsp3) is 0.700. The lowest BCUT2D eigenvalue weighted by molar-refractivity contribution is 0.504. The van der Waals surface area contributed by atoms with Gasteiger partial charge in [-0.25, -0.2) is 13.4 Å². The van der Waals surface area contributed by atoms with E-state index in [1.165, 1.54) is 6.26 Å². The van der Waals surface area contributed by atoms with Crippen LogP contribution in [0.3, 0.4) is 0 Å². The Morgan fingerprint density at radius 1 is 1.56 bits per heavy atom. The number of sulfone groups is 1. The van der Waals surface area contributed by atoms with Crippen LogP contribution in [0, 0.1) is 0 Å². The Hall–Kier alpha value is -0.460. The molecule has 0 spiro atoms. The molecule has 2 unspecified atom stereocenters. The zero-order chi connectivity index (χ0) is 11.6. The molecule has 6 heteroatoms. The maximum absolute atomic E-state index is 11.6. The molecule has 1 aromatic rings. The van der Waals surface area contributed by atoms with E-state index in [1.807, 2.05) is 5.38 Å². The highest BCUT2D eigenvalue weighted by Gasteiger charge is 2.34. The van der Waals surface area contributed by atoms with E-state index in [-0.39, 0.29) is 11.3 Å². The van der Waals surface area contributed by atoms with E-state index in [0.29, 0.717) is 6.54 Å². The summed E-state index contributed by atoms with van der Waals surface area (Å²) < 4.78 is 23.1. The van der Waals surface area contributed by atoms with Crippen molar-refractivity contribution in [2.24, 2.45) is 0 Å². The quantitative estimate of drug-likeness (QED) is 0.883. The predicted octanol–water partition coefficient (Wildman–Crippen LogP) is 1.20. The zero-order valence-corrected chi connectivity index (χ0v) is 10.9. The van der Waals surface area contributed by atoms with Crippen molar-refractivity contribution in [3.63, 3.8) is 0 Å². The highest BCUT2D eigenvalue weighted by atomic mass is 32.2. The largest absolute Gasteiger partial charge is 0.307 e. The molecular formula is C10H16N2O2S2. The predicted molar refractivity (Wildman–Crippen MR) is 65.2 cm³/mol. The molecule has 1 fully saturated rings. The Morgan fingerprint density at radius 2 is 2.38 bits per heavy atom. The number of nitrogens with one attached hydrogen (secondary N) is 1. The normalized spacial score (nSPS) is 26.1. The Bertz CT molecular complexity index is 428. The molecule has 0 saturated heterocycles. The van der Waals surface area contributed by atoms with Gasteiger partial charge in [0.25, 0.3) is 0 Å². The van der Waals surface area contributed by atoms with Gasteiger partial charge in [-0.3, -0.25) is 0 Å². The summed E-state index contributed by atoms with van der Waals surface area (Å²) in [5, 5.41) is 5.07. The first kappa shape index (κ1) is 12.0. The summed E-state index contributed by atoms with van der Waals surface area (Å²) in [5.74, 6) is 0. The molecule has 1 aromatic heterocycles. The van der Waals surface area contributed by atoms with Crippen molar-refractivity contribution in [2.75, 3.05) is 6.26 Å². The SMILES string of the molecule is CS(=O)(=O)C1CCCC1NCc1cscn1. The molecule has 0 bridgehead atoms. The van der Waals surface area contributed by atoms with Gasteiger partial charge in [-0.15, -0.1) is 11.3 Å². The van der Waals surface area contributed by atoms with Crippen molar-refractivity contribution in [1.82, 2.24) is 10.3 Å². The molecular weight excluding hydrogens is 244 g/mol. The summed E-state index contributed by atoms with van der Waals surface area (Å²) in [6, 6.07) is 0.0942. The minimum atomic E-state index is -2.92. The highest BCUT2D eigenvalue weighted by Crippen LogP contribution is 2.25. The molecule has 1 N–H and O–H groups in total. The molecule has 16 heavy (non-hydrogen) atoms. The summed E-state index contributed by atoms with van der Waals surface area (Å²) >= 11 is 1.56. The first-order chi connectivity index (χ1) is 7.57. The van der Waals surface area contributed by atoms with Crippen LogP contribution < -0.4 is 5.32 Å². The minimum absolute atomic E-state index is 0.0942. The summed E-state index contributed by atoms with van der Waals surface area (Å²) in [6.45, 7) is 0.667. The Morgan fingerprint density at radius 3 is 3.00 bits per heavy atom. The molecule has 0 radical (unpaired) electrons. The molecule has 2 atom stereocenters. The maximum Gasteiger partial charge on any atom is 0.151 e. The van der Waals surface area contributed by atoms with Crippen molar-refractivity contribution in [3.8, 4) is 0 Å². The number of nitrogens with zero attached hydrogens (tertiary/aromatic N) is 1. The fourth-order valence-corrected chi connectivity index (χ4v) is 4.21. The third kappa shape index (κ3) is 2.81. The van der Waals surface area contributed by atoms with Crippen LogP contribution in [-0.2, 0) is 16.4 Å². The zero-order valence-electron chi connectivity index (χ0n) is 9.22. The van der Waals surface area contributed by atoms with Crippen molar-refractivity contribution < 1.29 is 8.42 Å². The Kier molecular flexibility index (Phi) is 3.61. The van der Waals surface area contributed by atoms with Crippen LogP contribution in [0.15, 0.2) is 10.9 Å². The summed E-state index contributed by atoms with van der Waals surface area (Å²) in [6.07, 6.45) is 4.06. The van der Waals surface area contributed by atoms with Gasteiger partial charge in [0.2, 0.25) is 0 Å². The van der Waals surface area contributed by atoms with Gasteiger partial charge in [0, 0.05) is 24.2 Å². The molecule has 0 aromatic carbocycles. The number of hydrogen-bond donors (Lipinski definition) is 1. The third-order valence-corrected chi connectivity index (χ3v) is 5.33. The van der Waals surface area contributed by atoms with Gasteiger partial charge >= 0.3 is 0 Å². The van der Waals surface area contributed by atoms with Crippen molar-refractivity contribution in [3.05, 3.63) is 16.6 Å². The van der Waals surface area contributed by atoms with Gasteiger partial charge in [0.05, 0.1) is 16.5 Å². The fourth-order valence-electron chi connectivity index (χ4n) is 2.23. The van der Waals surface area contributed by atoms with E-state index in [4.69, 9.17) is 0 Å². The van der Waals surface area contributed by atoms with Gasteiger partial charge in [-0.1, -0.05) is 6.42 Å². The Labute approximate surface area is 100 Å². The molecule has 4 nitrogen and oxygen atoms in total. The highest BCUT2D eigenvalue weighted by molar-refractivity contribution is 7.91. The topological polar surface area (TPSA) is 59.1 Å². The number of hydrogen-bond acceptors (Lipinski definition) is 5. The van der Waals surface area contributed by atoms with Crippen LogP contribution in [-0.4, -0.2) is 30.9 Å². The Balaban J connectivity index is 1.94. The average molecular weight is 260 g/mol. The van der Waals surface area contributed by atoms with Crippen molar-refractivity contribution in [2.45, 2.75) is 37.1 Å². The smallest absolute Gasteiger partial charge is 0.151 e. The lowest BCUT2D eigenvalue weighted by atomic mass is 10.2. The first-order valence-corrected chi connectivity index (χ1v) is 8.26. The van der Waals surface area contributed by atoms with Crippen LogP contribution in [0.1, 0.15) is 25.0 Å². The summed E-state index contributed by atoms with van der Waals surface area (Å²) in [4.78, 5) is 4.17. The number of thiazole rings is 1. The standard InChI is InChI=1S/C10H16N2O2S2/c1-16(13,14)10-4-2-3-9(10)11-5-8-6-15-7-12-8/h6-7,9-11H,2-5H2,1H3. The van der Waals surface area contributed by atoms with E-state index in [9.17, 15) is 8.42 Å². The molecule has 0 aliphatic heterocycles. The minimum Gasteiger partial charge on any atom is -0.307 e. The maximum atomic E-state index is 11.6. The average Bonchev–Trinajstić information content (AvgIpc) is 2.85. The second-order valence-corrected chi connectivity index (χ2v) is 7.25. The molecule has 90 valence electrons. The second kappa shape index (κ2) is 4.81. The monoisotopic (exact) mass is 260 g/mol. The molecule has 2 rings (SSSR count). The first-order valence-electron chi connectivity index (χ1n) is 5.36. The molecule has 0 amide bonds. The van der Waals surface area contributed by atoms with Crippen LogP contribution >= 0.6 is 11.3 Å². The molecule has 1 aliphatic rings. The van der Waals surface area contributed by atoms with E-state index >= 15 is 0 Å². The third-order valence-electron chi connectivity index (χ3n) is 3.03. The number of rotatable bonds is 4. The number of aromatic nitrogens is 1. The lowest BCUT2D eigenvalue weighted by Gasteiger charge is -2.18. The molecule has 1 heterocycles. The van der Waals surface area contributed by atoms with Crippen LogP contribution in [0.2, 0.25) is 0 Å². The van der Waals surface area contributed by atoms with E-state index < -0.39 is 9.84 Å². The summed E-state index contributed by atoms with van der Waals surface area (Å²) in [5.41, 5.74) is 2.78. The molecule has 1 saturated carbocycles. The second-order valence-electron chi connectivity index (χ2n) is 4.27. The van der Waals surface area contributed by atoms with Crippen LogP contribution in [0.25, 0.3) is 0 Å². The van der Waals surface area contributed by atoms with Crippen molar-refractivity contribution >= 4 is 21.2 Å². The molecule has 1 aliphatic carbocycles. The van der Waals surface area contributed by atoms with Gasteiger partial charge in [0.15, 0.2) is 9.84 Å². The lowest BCUT2D eigenvalue weighted by Crippen LogP contribution is -2.39. The summed E-state index contributed by atoms with van der Waals surface area (Å²) in [7, 11) is -2.92. The van der Waals surface area contributed by atoms with Gasteiger partial charge in [-0.05, 0) is 12.8 Å².